The molecule has 0 aromatic heterocycles. The summed E-state index contributed by atoms with van der Waals surface area (Å²) in [5.41, 5.74) is 6.11. The van der Waals surface area contributed by atoms with Crippen molar-refractivity contribution in [3.8, 4) is 0 Å². The van der Waals surface area contributed by atoms with Crippen molar-refractivity contribution in [3.05, 3.63) is 153 Å². The molecular weight excluding hydrogens is 632 g/mol. The number of ether oxygens (including phenoxy) is 3. The zero-order valence-electron chi connectivity index (χ0n) is 29.4. The Bertz CT molecular complexity index is 1780. The third-order valence-corrected chi connectivity index (χ3v) is 9.83. The Morgan fingerprint density at radius 2 is 1.04 bits per heavy atom. The Kier molecular flexibility index (Phi) is 9.73. The smallest absolute Gasteiger partial charge is 0.337 e. The standard InChI is InChI=1S/C42H44O8/c1-27-7-15-32(16-8-27)41(33-17-9-28(2)10-18-33)25-36(31(5)48-41)38(43)46-23-24-47-39(44)37-26-42(50-49-40(37,6)45,34-19-11-29(3)12-20-34)35-21-13-30(4)14-22-35/h7-22,37,45H,23-26H2,1-6H3. The van der Waals surface area contributed by atoms with E-state index in [-0.39, 0.29) is 26.1 Å². The number of carbonyl (C=O) groups excluding carboxylic acids is 2. The van der Waals surface area contributed by atoms with Gasteiger partial charge in [0.15, 0.2) is 11.2 Å². The van der Waals surface area contributed by atoms with Crippen LogP contribution in [0.15, 0.2) is 108 Å². The van der Waals surface area contributed by atoms with Crippen LogP contribution >= 0.6 is 0 Å². The fraction of sp³-hybridized carbons (Fsp3) is 0.333. The highest BCUT2D eigenvalue weighted by Crippen LogP contribution is 2.49. The average Bonchev–Trinajstić information content (AvgIpc) is 3.46. The Balaban J connectivity index is 1.14. The van der Waals surface area contributed by atoms with E-state index in [0.717, 1.165) is 44.5 Å². The predicted molar refractivity (Wildman–Crippen MR) is 187 cm³/mol. The highest BCUT2D eigenvalue weighted by molar-refractivity contribution is 5.90. The number of hydrogen-bond acceptors (Lipinski definition) is 8. The summed E-state index contributed by atoms with van der Waals surface area (Å²) in [5.74, 6) is -3.85. The van der Waals surface area contributed by atoms with Crippen LogP contribution in [0.4, 0.5) is 0 Å². The van der Waals surface area contributed by atoms with Gasteiger partial charge < -0.3 is 19.3 Å². The van der Waals surface area contributed by atoms with Gasteiger partial charge in [0, 0.05) is 24.0 Å². The van der Waals surface area contributed by atoms with Crippen LogP contribution in [0, 0.1) is 33.6 Å². The van der Waals surface area contributed by atoms with Gasteiger partial charge in [-0.05, 0) is 52.7 Å². The number of aliphatic hydroxyl groups is 1. The molecule has 1 saturated heterocycles. The topological polar surface area (TPSA) is 101 Å². The van der Waals surface area contributed by atoms with Crippen molar-refractivity contribution in [2.45, 2.75) is 71.4 Å². The minimum Gasteiger partial charge on any atom is -0.482 e. The van der Waals surface area contributed by atoms with Gasteiger partial charge in [-0.15, -0.1) is 0 Å². The van der Waals surface area contributed by atoms with Crippen LogP contribution in [-0.2, 0) is 44.8 Å². The molecule has 1 fully saturated rings. The zero-order valence-corrected chi connectivity index (χ0v) is 29.4. The van der Waals surface area contributed by atoms with E-state index < -0.39 is 34.8 Å². The number of rotatable bonds is 9. The number of hydrogen-bond donors (Lipinski definition) is 1. The van der Waals surface area contributed by atoms with Gasteiger partial charge in [0.2, 0.25) is 5.79 Å². The first kappa shape index (κ1) is 35.1. The summed E-state index contributed by atoms with van der Waals surface area (Å²) >= 11 is 0. The average molecular weight is 677 g/mol. The van der Waals surface area contributed by atoms with Crippen molar-refractivity contribution in [3.63, 3.8) is 0 Å². The maximum Gasteiger partial charge on any atom is 0.337 e. The molecule has 8 nitrogen and oxygen atoms in total. The lowest BCUT2D eigenvalue weighted by molar-refractivity contribution is -0.489. The van der Waals surface area contributed by atoms with Crippen LogP contribution < -0.4 is 0 Å². The van der Waals surface area contributed by atoms with E-state index in [0.29, 0.717) is 11.3 Å². The van der Waals surface area contributed by atoms with Crippen LogP contribution in [-0.4, -0.2) is 36.0 Å². The lowest BCUT2D eigenvalue weighted by Gasteiger charge is -2.45. The van der Waals surface area contributed by atoms with Crippen LogP contribution in [0.2, 0.25) is 0 Å². The van der Waals surface area contributed by atoms with E-state index in [4.69, 9.17) is 24.0 Å². The predicted octanol–water partition coefficient (Wildman–Crippen LogP) is 7.56. The molecule has 8 heteroatoms. The lowest BCUT2D eigenvalue weighted by atomic mass is 9.76. The molecule has 1 N–H and O–H groups in total. The van der Waals surface area contributed by atoms with Crippen molar-refractivity contribution in [1.82, 2.24) is 0 Å². The molecule has 2 aliphatic rings. The quantitative estimate of drug-likeness (QED) is 0.110. The van der Waals surface area contributed by atoms with E-state index in [2.05, 4.69) is 0 Å². The van der Waals surface area contributed by atoms with E-state index in [9.17, 15) is 14.7 Å². The number of esters is 2. The van der Waals surface area contributed by atoms with Crippen LogP contribution in [0.1, 0.15) is 71.2 Å². The molecule has 4 aromatic carbocycles. The molecule has 2 aliphatic heterocycles. The van der Waals surface area contributed by atoms with Gasteiger partial charge in [0.25, 0.3) is 0 Å². The summed E-state index contributed by atoms with van der Waals surface area (Å²) in [6.07, 6.45) is 0.334. The molecule has 0 amide bonds. The molecular formula is C42H44O8. The molecule has 6 rings (SSSR count). The first-order valence-electron chi connectivity index (χ1n) is 16.9. The molecule has 260 valence electrons. The summed E-state index contributed by atoms with van der Waals surface area (Å²) in [4.78, 5) is 38.6. The number of benzene rings is 4. The van der Waals surface area contributed by atoms with Gasteiger partial charge in [-0.3, -0.25) is 4.79 Å². The minimum absolute atomic E-state index is 0.0499. The summed E-state index contributed by atoms with van der Waals surface area (Å²) in [6, 6.07) is 31.8. The van der Waals surface area contributed by atoms with Crippen molar-refractivity contribution in [1.29, 1.82) is 0 Å². The molecule has 0 spiro atoms. The molecule has 4 aromatic rings. The highest BCUT2D eigenvalue weighted by Gasteiger charge is 2.55. The van der Waals surface area contributed by atoms with E-state index in [1.54, 1.807) is 6.92 Å². The Morgan fingerprint density at radius 3 is 1.48 bits per heavy atom. The van der Waals surface area contributed by atoms with E-state index in [1.807, 2.05) is 125 Å². The zero-order chi connectivity index (χ0) is 35.7. The maximum atomic E-state index is 13.6. The van der Waals surface area contributed by atoms with E-state index >= 15 is 0 Å². The van der Waals surface area contributed by atoms with Gasteiger partial charge in [0.05, 0.1) is 5.57 Å². The van der Waals surface area contributed by atoms with E-state index in [1.165, 1.54) is 6.92 Å². The number of allylic oxidation sites excluding steroid dienone is 1. The second-order valence-corrected chi connectivity index (χ2v) is 13.7. The lowest BCUT2D eigenvalue weighted by Crippen LogP contribution is -2.53. The molecule has 0 radical (unpaired) electrons. The molecule has 0 bridgehead atoms. The second kappa shape index (κ2) is 13.9. The number of carbonyl (C=O) groups is 2. The minimum atomic E-state index is -1.97. The SMILES string of the molecule is CC1=C(C(=O)OCCOC(=O)C2CC(c3ccc(C)cc3)(c3ccc(C)cc3)OOC2(C)O)CC(c2ccc(C)cc2)(c2ccc(C)cc2)O1. The summed E-state index contributed by atoms with van der Waals surface area (Å²) in [6.45, 7) is 10.8. The van der Waals surface area contributed by atoms with Crippen molar-refractivity contribution in [2.24, 2.45) is 5.92 Å². The second-order valence-electron chi connectivity index (χ2n) is 13.7. The molecule has 0 saturated carbocycles. The van der Waals surface area contributed by atoms with Crippen molar-refractivity contribution < 1.29 is 38.7 Å². The summed E-state index contributed by atoms with van der Waals surface area (Å²) in [5, 5.41) is 11.2. The van der Waals surface area contributed by atoms with Crippen LogP contribution in [0.25, 0.3) is 0 Å². The van der Waals surface area contributed by atoms with Crippen LogP contribution in [0.5, 0.6) is 0 Å². The molecule has 2 heterocycles. The fourth-order valence-electron chi connectivity index (χ4n) is 6.72. The van der Waals surface area contributed by atoms with Crippen LogP contribution in [0.3, 0.4) is 0 Å². The van der Waals surface area contributed by atoms with Gasteiger partial charge in [-0.1, -0.05) is 119 Å². The Hall–Kier alpha value is -4.76. The monoisotopic (exact) mass is 676 g/mol. The largest absolute Gasteiger partial charge is 0.482 e. The molecule has 2 unspecified atom stereocenters. The maximum absolute atomic E-state index is 13.6. The fourth-order valence-corrected chi connectivity index (χ4v) is 6.72. The molecule has 2 atom stereocenters. The molecule has 50 heavy (non-hydrogen) atoms. The highest BCUT2D eigenvalue weighted by atomic mass is 17.2. The van der Waals surface area contributed by atoms with Gasteiger partial charge in [0.1, 0.15) is 24.9 Å². The van der Waals surface area contributed by atoms with Gasteiger partial charge in [-0.2, -0.15) is 4.89 Å². The Morgan fingerprint density at radius 1 is 0.640 bits per heavy atom. The third kappa shape index (κ3) is 6.84. The number of aryl methyl sites for hydroxylation is 4. The van der Waals surface area contributed by atoms with Crippen molar-refractivity contribution >= 4 is 11.9 Å². The Labute approximate surface area is 293 Å². The first-order valence-corrected chi connectivity index (χ1v) is 16.9. The van der Waals surface area contributed by atoms with Gasteiger partial charge in [-0.25, -0.2) is 9.68 Å². The van der Waals surface area contributed by atoms with Crippen molar-refractivity contribution in [2.75, 3.05) is 13.2 Å². The van der Waals surface area contributed by atoms with Gasteiger partial charge >= 0.3 is 11.9 Å². The summed E-state index contributed by atoms with van der Waals surface area (Å²) in [7, 11) is 0. The third-order valence-electron chi connectivity index (χ3n) is 9.83. The first-order chi connectivity index (χ1) is 23.8. The normalized spacial score (nSPS) is 21.0. The molecule has 0 aliphatic carbocycles. The summed E-state index contributed by atoms with van der Waals surface area (Å²) < 4.78 is 17.7.